The molecule has 0 fully saturated rings. The first-order valence-electron chi connectivity index (χ1n) is 4.34. The summed E-state index contributed by atoms with van der Waals surface area (Å²) in [5.74, 6) is -0.444. The lowest BCUT2D eigenvalue weighted by Crippen LogP contribution is -2.18. The summed E-state index contributed by atoms with van der Waals surface area (Å²) < 4.78 is 27.4. The Kier molecular flexibility index (Phi) is 3.93. The van der Waals surface area contributed by atoms with Crippen LogP contribution in [-0.4, -0.2) is 31.8 Å². The minimum atomic E-state index is -3.37. The molecule has 15 heavy (non-hydrogen) atoms. The van der Waals surface area contributed by atoms with Gasteiger partial charge in [0.2, 0.25) is 0 Å². The quantitative estimate of drug-likeness (QED) is 0.697. The molecule has 0 heterocycles. The number of para-hydroxylation sites is 2. The van der Waals surface area contributed by atoms with Crippen LogP contribution in [0.2, 0.25) is 0 Å². The van der Waals surface area contributed by atoms with E-state index in [2.05, 4.69) is 0 Å². The summed E-state index contributed by atoms with van der Waals surface area (Å²) >= 11 is 0. The molecule has 0 saturated carbocycles. The van der Waals surface area contributed by atoms with E-state index in [1.54, 1.807) is 24.3 Å². The van der Waals surface area contributed by atoms with Crippen LogP contribution in [0.25, 0.3) is 0 Å². The lowest BCUT2D eigenvalue weighted by Gasteiger charge is -2.08. The second kappa shape index (κ2) is 4.99. The van der Waals surface area contributed by atoms with E-state index in [-0.39, 0.29) is 5.75 Å². The average molecular weight is 231 g/mol. The maximum absolute atomic E-state index is 11.2. The number of benzene rings is 1. The SMILES string of the molecule is Nc1ccccc1OCS(=O)(=O)CCO. The van der Waals surface area contributed by atoms with E-state index in [0.717, 1.165) is 0 Å². The fourth-order valence-corrected chi connectivity index (χ4v) is 1.67. The molecule has 1 aromatic carbocycles. The lowest BCUT2D eigenvalue weighted by molar-refractivity contribution is 0.316. The van der Waals surface area contributed by atoms with Gasteiger partial charge >= 0.3 is 0 Å². The minimum Gasteiger partial charge on any atom is -0.476 e. The highest BCUT2D eigenvalue weighted by Gasteiger charge is 2.11. The molecule has 0 spiro atoms. The van der Waals surface area contributed by atoms with Crippen LogP contribution >= 0.6 is 0 Å². The highest BCUT2D eigenvalue weighted by atomic mass is 32.2. The van der Waals surface area contributed by atoms with Crippen molar-refractivity contribution in [1.82, 2.24) is 0 Å². The van der Waals surface area contributed by atoms with E-state index < -0.39 is 22.4 Å². The Labute approximate surface area is 88.4 Å². The monoisotopic (exact) mass is 231 g/mol. The van der Waals surface area contributed by atoms with Crippen molar-refractivity contribution < 1.29 is 18.3 Å². The number of nitrogens with two attached hydrogens (primary N) is 1. The number of nitrogen functional groups attached to an aromatic ring is 1. The zero-order valence-electron chi connectivity index (χ0n) is 8.09. The molecule has 0 aliphatic rings. The van der Waals surface area contributed by atoms with Crippen molar-refractivity contribution in [2.75, 3.05) is 24.0 Å². The van der Waals surface area contributed by atoms with Crippen molar-refractivity contribution in [2.24, 2.45) is 0 Å². The molecular weight excluding hydrogens is 218 g/mol. The maximum Gasteiger partial charge on any atom is 0.189 e. The predicted octanol–water partition coefficient (Wildman–Crippen LogP) is 0.0122. The summed E-state index contributed by atoms with van der Waals surface area (Å²) in [7, 11) is -3.37. The Morgan fingerprint density at radius 1 is 1.33 bits per heavy atom. The molecule has 5 nitrogen and oxygen atoms in total. The summed E-state index contributed by atoms with van der Waals surface area (Å²) in [6, 6.07) is 6.63. The van der Waals surface area contributed by atoms with Gasteiger partial charge in [-0.15, -0.1) is 0 Å². The van der Waals surface area contributed by atoms with Crippen LogP contribution < -0.4 is 10.5 Å². The molecule has 0 atom stereocenters. The molecule has 3 N–H and O–H groups in total. The summed E-state index contributed by atoms with van der Waals surface area (Å²) in [4.78, 5) is 0. The highest BCUT2D eigenvalue weighted by molar-refractivity contribution is 7.91. The molecule has 0 amide bonds. The first kappa shape index (κ1) is 11.8. The van der Waals surface area contributed by atoms with Crippen molar-refractivity contribution in [3.05, 3.63) is 24.3 Å². The largest absolute Gasteiger partial charge is 0.476 e. The van der Waals surface area contributed by atoms with Crippen LogP contribution in [0.3, 0.4) is 0 Å². The van der Waals surface area contributed by atoms with Gasteiger partial charge in [-0.25, -0.2) is 8.42 Å². The highest BCUT2D eigenvalue weighted by Crippen LogP contribution is 2.19. The first-order valence-corrected chi connectivity index (χ1v) is 6.16. The van der Waals surface area contributed by atoms with E-state index in [1.807, 2.05) is 0 Å². The molecule has 1 rings (SSSR count). The van der Waals surface area contributed by atoms with Crippen molar-refractivity contribution >= 4 is 15.5 Å². The molecule has 0 aromatic heterocycles. The molecule has 0 aliphatic heterocycles. The Hall–Kier alpha value is -1.27. The Balaban J connectivity index is 2.62. The van der Waals surface area contributed by atoms with Gasteiger partial charge in [-0.3, -0.25) is 0 Å². The zero-order chi connectivity index (χ0) is 11.3. The number of anilines is 1. The third-order valence-corrected chi connectivity index (χ3v) is 3.00. The Morgan fingerprint density at radius 3 is 2.60 bits per heavy atom. The Bertz CT molecular complexity index is 416. The molecule has 1 aromatic rings. The minimum absolute atomic E-state index is 0.306. The zero-order valence-corrected chi connectivity index (χ0v) is 8.90. The van der Waals surface area contributed by atoms with E-state index in [9.17, 15) is 8.42 Å². The van der Waals surface area contributed by atoms with E-state index in [1.165, 1.54) is 0 Å². The number of sulfone groups is 1. The van der Waals surface area contributed by atoms with Gasteiger partial charge in [0.1, 0.15) is 5.75 Å². The van der Waals surface area contributed by atoms with Crippen LogP contribution in [0.15, 0.2) is 24.3 Å². The van der Waals surface area contributed by atoms with Gasteiger partial charge in [-0.1, -0.05) is 12.1 Å². The number of rotatable bonds is 5. The Morgan fingerprint density at radius 2 is 2.00 bits per heavy atom. The molecule has 0 unspecified atom stereocenters. The summed E-state index contributed by atoms with van der Waals surface area (Å²) in [6.07, 6.45) is 0. The summed E-state index contributed by atoms with van der Waals surface area (Å²) in [5, 5.41) is 8.49. The summed E-state index contributed by atoms with van der Waals surface area (Å²) in [5.41, 5.74) is 5.94. The topological polar surface area (TPSA) is 89.6 Å². The normalized spacial score (nSPS) is 11.3. The average Bonchev–Trinajstić information content (AvgIpc) is 2.16. The molecule has 0 aliphatic carbocycles. The van der Waals surface area contributed by atoms with Crippen molar-refractivity contribution in [2.45, 2.75) is 0 Å². The molecule has 0 radical (unpaired) electrons. The molecular formula is C9H13NO4S. The predicted molar refractivity (Wildman–Crippen MR) is 57.2 cm³/mol. The van der Waals surface area contributed by atoms with Crippen molar-refractivity contribution in [1.29, 1.82) is 0 Å². The van der Waals surface area contributed by atoms with Gasteiger partial charge < -0.3 is 15.6 Å². The van der Waals surface area contributed by atoms with Crippen molar-refractivity contribution in [3.8, 4) is 5.75 Å². The van der Waals surface area contributed by atoms with Gasteiger partial charge in [-0.2, -0.15) is 0 Å². The molecule has 84 valence electrons. The molecule has 6 heteroatoms. The number of aliphatic hydroxyl groups is 1. The lowest BCUT2D eigenvalue weighted by atomic mass is 10.3. The van der Waals surface area contributed by atoms with Gasteiger partial charge in [0.25, 0.3) is 0 Å². The van der Waals surface area contributed by atoms with Crippen LogP contribution in [0.1, 0.15) is 0 Å². The maximum atomic E-state index is 11.2. The van der Waals surface area contributed by atoms with Crippen LogP contribution in [0, 0.1) is 0 Å². The van der Waals surface area contributed by atoms with E-state index in [4.69, 9.17) is 15.6 Å². The summed E-state index contributed by atoms with van der Waals surface area (Å²) in [6.45, 7) is -0.407. The number of ether oxygens (including phenoxy) is 1. The smallest absolute Gasteiger partial charge is 0.189 e. The van der Waals surface area contributed by atoms with Gasteiger partial charge in [0, 0.05) is 0 Å². The van der Waals surface area contributed by atoms with Gasteiger partial charge in [0.05, 0.1) is 18.0 Å². The van der Waals surface area contributed by atoms with Gasteiger partial charge in [0.15, 0.2) is 15.8 Å². The third kappa shape index (κ3) is 3.77. The second-order valence-corrected chi connectivity index (χ2v) is 5.10. The number of aliphatic hydroxyl groups excluding tert-OH is 1. The fourth-order valence-electron chi connectivity index (χ4n) is 0.963. The molecule has 0 bridgehead atoms. The van der Waals surface area contributed by atoms with E-state index in [0.29, 0.717) is 11.4 Å². The van der Waals surface area contributed by atoms with Gasteiger partial charge in [-0.05, 0) is 12.1 Å². The van der Waals surface area contributed by atoms with Crippen LogP contribution in [0.4, 0.5) is 5.69 Å². The first-order chi connectivity index (χ1) is 7.05. The number of hydrogen-bond donors (Lipinski definition) is 2. The standard InChI is InChI=1S/C9H13NO4S/c10-8-3-1-2-4-9(8)14-7-15(12,13)6-5-11/h1-4,11H,5-7,10H2. The second-order valence-electron chi connectivity index (χ2n) is 2.97. The van der Waals surface area contributed by atoms with E-state index >= 15 is 0 Å². The van der Waals surface area contributed by atoms with Crippen molar-refractivity contribution in [3.63, 3.8) is 0 Å². The number of hydrogen-bond acceptors (Lipinski definition) is 5. The van der Waals surface area contributed by atoms with Crippen LogP contribution in [0.5, 0.6) is 5.75 Å². The third-order valence-electron chi connectivity index (χ3n) is 1.72. The fraction of sp³-hybridized carbons (Fsp3) is 0.333. The molecule has 0 saturated heterocycles. The van der Waals surface area contributed by atoms with Crippen LogP contribution in [-0.2, 0) is 9.84 Å².